The molecule has 102 valence electrons. The number of para-hydroxylation sites is 1. The van der Waals surface area contributed by atoms with Gasteiger partial charge in [-0.15, -0.1) is 0 Å². The topological polar surface area (TPSA) is 24.9 Å². The zero-order valence-electron chi connectivity index (χ0n) is 12.2. The van der Waals surface area contributed by atoms with E-state index in [0.29, 0.717) is 6.04 Å². The zero-order chi connectivity index (χ0) is 13.7. The number of hydrogen-bond acceptors (Lipinski definition) is 2. The lowest BCUT2D eigenvalue weighted by atomic mass is 10.0. The maximum atomic E-state index is 4.50. The first-order valence-corrected chi connectivity index (χ1v) is 7.28. The molecule has 0 saturated heterocycles. The van der Waals surface area contributed by atoms with E-state index in [1.54, 1.807) is 0 Å². The van der Waals surface area contributed by atoms with Gasteiger partial charge in [0.1, 0.15) is 0 Å². The van der Waals surface area contributed by atoms with Gasteiger partial charge in [-0.2, -0.15) is 0 Å². The lowest BCUT2D eigenvalue weighted by Gasteiger charge is -2.20. The van der Waals surface area contributed by atoms with Crippen LogP contribution in [0.2, 0.25) is 0 Å². The highest BCUT2D eigenvalue weighted by Crippen LogP contribution is 2.16. The number of fused-ring (bicyclic) bond motifs is 1. The average Bonchev–Trinajstić information content (AvgIpc) is 2.46. The summed E-state index contributed by atoms with van der Waals surface area (Å²) in [4.78, 5) is 4.50. The fraction of sp³-hybridized carbons (Fsp3) is 0.471. The molecule has 0 aliphatic rings. The molecule has 0 aliphatic heterocycles. The first-order chi connectivity index (χ1) is 9.22. The summed E-state index contributed by atoms with van der Waals surface area (Å²) in [5.74, 6) is 0.727. The summed E-state index contributed by atoms with van der Waals surface area (Å²) in [6.07, 6.45) is 4.14. The minimum atomic E-state index is 0.577. The fourth-order valence-corrected chi connectivity index (χ4v) is 2.36. The van der Waals surface area contributed by atoms with Crippen LogP contribution in [0.3, 0.4) is 0 Å². The van der Waals surface area contributed by atoms with E-state index in [4.69, 9.17) is 0 Å². The van der Waals surface area contributed by atoms with Crippen LogP contribution in [0.5, 0.6) is 0 Å². The molecule has 2 atom stereocenters. The minimum Gasteiger partial charge on any atom is -0.314 e. The summed E-state index contributed by atoms with van der Waals surface area (Å²) in [6, 6.07) is 11.1. The van der Waals surface area contributed by atoms with Crippen molar-refractivity contribution >= 4 is 10.9 Å². The summed E-state index contributed by atoms with van der Waals surface area (Å²) < 4.78 is 0. The van der Waals surface area contributed by atoms with Crippen LogP contribution in [0.4, 0.5) is 0 Å². The van der Waals surface area contributed by atoms with E-state index in [0.717, 1.165) is 24.4 Å². The van der Waals surface area contributed by atoms with Gasteiger partial charge in [0.05, 0.1) is 5.52 Å². The predicted molar refractivity (Wildman–Crippen MR) is 82.4 cm³/mol. The molecule has 0 bridgehead atoms. The molecule has 2 unspecified atom stereocenters. The number of nitrogens with zero attached hydrogens (tertiary/aromatic N) is 1. The Morgan fingerprint density at radius 2 is 1.95 bits per heavy atom. The van der Waals surface area contributed by atoms with Crippen LogP contribution >= 0.6 is 0 Å². The monoisotopic (exact) mass is 256 g/mol. The summed E-state index contributed by atoms with van der Waals surface area (Å²) in [6.45, 7) is 7.84. The van der Waals surface area contributed by atoms with Crippen molar-refractivity contribution in [2.75, 3.05) is 6.54 Å². The second-order valence-electron chi connectivity index (χ2n) is 5.37. The summed E-state index contributed by atoms with van der Waals surface area (Å²) in [5, 5.41) is 4.85. The van der Waals surface area contributed by atoms with Crippen molar-refractivity contribution in [2.24, 2.45) is 5.92 Å². The van der Waals surface area contributed by atoms with E-state index in [-0.39, 0.29) is 0 Å². The van der Waals surface area contributed by atoms with Crippen molar-refractivity contribution in [3.8, 4) is 0 Å². The van der Waals surface area contributed by atoms with Crippen LogP contribution in [0.15, 0.2) is 36.5 Å². The average molecular weight is 256 g/mol. The number of rotatable bonds is 6. The van der Waals surface area contributed by atoms with Crippen LogP contribution in [0.25, 0.3) is 10.9 Å². The van der Waals surface area contributed by atoms with E-state index < -0.39 is 0 Å². The zero-order valence-corrected chi connectivity index (χ0v) is 12.2. The van der Waals surface area contributed by atoms with Gasteiger partial charge in [-0.25, -0.2) is 0 Å². The normalized spacial score (nSPS) is 14.5. The van der Waals surface area contributed by atoms with Gasteiger partial charge in [-0.1, -0.05) is 44.5 Å². The molecule has 1 heterocycles. The Morgan fingerprint density at radius 3 is 2.74 bits per heavy atom. The SMILES string of the molecule is CCC(C)C(C)NCCc1cccc2cccnc12. The molecule has 2 heteroatoms. The molecule has 0 radical (unpaired) electrons. The molecule has 0 aliphatic carbocycles. The Morgan fingerprint density at radius 1 is 1.16 bits per heavy atom. The highest BCUT2D eigenvalue weighted by molar-refractivity contribution is 5.81. The molecule has 2 rings (SSSR count). The molecule has 2 nitrogen and oxygen atoms in total. The predicted octanol–water partition coefficient (Wildman–Crippen LogP) is 3.80. The van der Waals surface area contributed by atoms with E-state index in [1.807, 2.05) is 12.3 Å². The number of nitrogens with one attached hydrogen (secondary N) is 1. The Balaban J connectivity index is 1.99. The third-order valence-corrected chi connectivity index (χ3v) is 4.07. The highest BCUT2D eigenvalue weighted by atomic mass is 14.9. The largest absolute Gasteiger partial charge is 0.314 e. The molecule has 2 aromatic rings. The van der Waals surface area contributed by atoms with Crippen LogP contribution in [0.1, 0.15) is 32.8 Å². The van der Waals surface area contributed by atoms with Crippen molar-refractivity contribution in [2.45, 2.75) is 39.7 Å². The van der Waals surface area contributed by atoms with Crippen LogP contribution in [-0.2, 0) is 6.42 Å². The maximum Gasteiger partial charge on any atom is 0.0734 e. The lowest BCUT2D eigenvalue weighted by Crippen LogP contribution is -2.33. The van der Waals surface area contributed by atoms with Crippen molar-refractivity contribution in [3.05, 3.63) is 42.1 Å². The summed E-state index contributed by atoms with van der Waals surface area (Å²) in [7, 11) is 0. The summed E-state index contributed by atoms with van der Waals surface area (Å²) in [5.41, 5.74) is 2.48. The van der Waals surface area contributed by atoms with Gasteiger partial charge in [-0.05, 0) is 37.4 Å². The first-order valence-electron chi connectivity index (χ1n) is 7.28. The number of hydrogen-bond donors (Lipinski definition) is 1. The molecule has 0 saturated carbocycles. The molecule has 0 amide bonds. The van der Waals surface area contributed by atoms with E-state index in [1.165, 1.54) is 17.4 Å². The van der Waals surface area contributed by atoms with Gasteiger partial charge in [-0.3, -0.25) is 4.98 Å². The Hall–Kier alpha value is -1.41. The fourth-order valence-electron chi connectivity index (χ4n) is 2.36. The van der Waals surface area contributed by atoms with Crippen molar-refractivity contribution in [3.63, 3.8) is 0 Å². The van der Waals surface area contributed by atoms with E-state index >= 15 is 0 Å². The third-order valence-electron chi connectivity index (χ3n) is 4.07. The van der Waals surface area contributed by atoms with Crippen LogP contribution in [0, 0.1) is 5.92 Å². The Kier molecular flexibility index (Phi) is 4.92. The van der Waals surface area contributed by atoms with Gasteiger partial charge in [0, 0.05) is 17.6 Å². The van der Waals surface area contributed by atoms with Crippen LogP contribution < -0.4 is 5.32 Å². The molecule has 1 N–H and O–H groups in total. The standard InChI is InChI=1S/C17H24N2/c1-4-13(2)14(3)18-12-10-16-8-5-7-15-9-6-11-19-17(15)16/h5-9,11,13-14,18H,4,10,12H2,1-3H3. The molecular weight excluding hydrogens is 232 g/mol. The van der Waals surface area contributed by atoms with E-state index in [2.05, 4.69) is 55.3 Å². The third kappa shape index (κ3) is 3.54. The Labute approximate surface area is 116 Å². The molecule has 19 heavy (non-hydrogen) atoms. The second kappa shape index (κ2) is 6.67. The molecule has 1 aromatic heterocycles. The second-order valence-corrected chi connectivity index (χ2v) is 5.37. The van der Waals surface area contributed by atoms with Gasteiger partial charge in [0.15, 0.2) is 0 Å². The van der Waals surface area contributed by atoms with Gasteiger partial charge in [0.25, 0.3) is 0 Å². The maximum absolute atomic E-state index is 4.50. The minimum absolute atomic E-state index is 0.577. The van der Waals surface area contributed by atoms with Crippen molar-refractivity contribution < 1.29 is 0 Å². The Bertz CT molecular complexity index is 516. The lowest BCUT2D eigenvalue weighted by molar-refractivity contribution is 0.393. The highest BCUT2D eigenvalue weighted by Gasteiger charge is 2.09. The summed E-state index contributed by atoms with van der Waals surface area (Å²) >= 11 is 0. The number of aromatic nitrogens is 1. The van der Waals surface area contributed by atoms with Crippen LogP contribution in [-0.4, -0.2) is 17.6 Å². The molecule has 0 spiro atoms. The smallest absolute Gasteiger partial charge is 0.0734 e. The number of benzene rings is 1. The van der Waals surface area contributed by atoms with Crippen molar-refractivity contribution in [1.29, 1.82) is 0 Å². The molecular formula is C17H24N2. The first kappa shape index (κ1) is 14.0. The van der Waals surface area contributed by atoms with Gasteiger partial charge in [0.2, 0.25) is 0 Å². The molecule has 0 fully saturated rings. The van der Waals surface area contributed by atoms with E-state index in [9.17, 15) is 0 Å². The molecule has 1 aromatic carbocycles. The van der Waals surface area contributed by atoms with Gasteiger partial charge >= 0.3 is 0 Å². The van der Waals surface area contributed by atoms with Crippen molar-refractivity contribution in [1.82, 2.24) is 10.3 Å². The number of pyridine rings is 1. The quantitative estimate of drug-likeness (QED) is 0.850. The van der Waals surface area contributed by atoms with Gasteiger partial charge < -0.3 is 5.32 Å².